The lowest BCUT2D eigenvalue weighted by atomic mass is 9.91. The lowest BCUT2D eigenvalue weighted by Crippen LogP contribution is -2.19. The minimum absolute atomic E-state index is 0.638. The van der Waals surface area contributed by atoms with Gasteiger partial charge in [0.05, 0.1) is 11.2 Å². The van der Waals surface area contributed by atoms with Crippen LogP contribution < -0.4 is 0 Å². The smallest absolute Gasteiger partial charge is 0.0924 e. The van der Waals surface area contributed by atoms with Gasteiger partial charge in [-0.3, -0.25) is 5.10 Å². The summed E-state index contributed by atoms with van der Waals surface area (Å²) >= 11 is 0. The average Bonchev–Trinajstić information content (AvgIpc) is 2.96. The number of aromatic nitrogens is 2. The Morgan fingerprint density at radius 1 is 1.32 bits per heavy atom. The Balaban J connectivity index is 1.79. The van der Waals surface area contributed by atoms with Crippen LogP contribution in [0.25, 0.3) is 10.9 Å². The topological polar surface area (TPSA) is 41.2 Å². The number of nitrogens with one attached hydrogen (secondary N) is 1. The number of nitrogens with zero attached hydrogens (tertiary/aromatic N) is 2. The van der Waals surface area contributed by atoms with Crippen molar-refractivity contribution in [2.24, 2.45) is 0 Å². The van der Waals surface area contributed by atoms with Crippen molar-refractivity contribution in [3.8, 4) is 0 Å². The summed E-state index contributed by atoms with van der Waals surface area (Å²) in [5, 5.41) is 8.98. The van der Waals surface area contributed by atoms with E-state index in [9.17, 15) is 0 Å². The predicted molar refractivity (Wildman–Crippen MR) is 90.1 cm³/mol. The Morgan fingerprint density at radius 2 is 2.14 bits per heavy atom. The Hall–Kier alpha value is -1.39. The van der Waals surface area contributed by atoms with Crippen molar-refractivity contribution in [1.82, 2.24) is 15.1 Å². The zero-order chi connectivity index (χ0) is 15.4. The van der Waals surface area contributed by atoms with Gasteiger partial charge in [-0.05, 0) is 56.5 Å². The van der Waals surface area contributed by atoms with Crippen LogP contribution in [-0.2, 0) is 11.3 Å². The molecule has 1 N–H and O–H groups in total. The summed E-state index contributed by atoms with van der Waals surface area (Å²) in [5.41, 5.74) is 3.76. The molecule has 0 unspecified atom stereocenters. The van der Waals surface area contributed by atoms with Gasteiger partial charge in [-0.25, -0.2) is 0 Å². The molecule has 1 aromatic heterocycles. The second-order valence-corrected chi connectivity index (χ2v) is 6.46. The maximum Gasteiger partial charge on any atom is 0.0924 e. The SMILES string of the molecule is CCCCN(C)Cc1[nH]nc2ccc(C3CCOCC3)cc12. The molecule has 1 aliphatic heterocycles. The first-order valence-electron chi connectivity index (χ1n) is 8.51. The lowest BCUT2D eigenvalue weighted by Gasteiger charge is -2.22. The van der Waals surface area contributed by atoms with Gasteiger partial charge in [-0.1, -0.05) is 19.4 Å². The minimum Gasteiger partial charge on any atom is -0.381 e. The molecule has 0 atom stereocenters. The number of unbranched alkanes of at least 4 members (excludes halogenated alkanes) is 1. The van der Waals surface area contributed by atoms with E-state index in [0.717, 1.165) is 44.7 Å². The number of benzene rings is 1. The van der Waals surface area contributed by atoms with Crippen LogP contribution in [0.2, 0.25) is 0 Å². The molecule has 1 aliphatic rings. The van der Waals surface area contributed by atoms with E-state index in [-0.39, 0.29) is 0 Å². The highest BCUT2D eigenvalue weighted by Gasteiger charge is 2.17. The number of rotatable bonds is 6. The number of ether oxygens (including phenoxy) is 1. The van der Waals surface area contributed by atoms with Crippen molar-refractivity contribution in [3.63, 3.8) is 0 Å². The second-order valence-electron chi connectivity index (χ2n) is 6.46. The molecule has 120 valence electrons. The Morgan fingerprint density at radius 3 is 2.91 bits per heavy atom. The van der Waals surface area contributed by atoms with Gasteiger partial charge in [-0.15, -0.1) is 0 Å². The summed E-state index contributed by atoms with van der Waals surface area (Å²) in [6.07, 6.45) is 4.75. The van der Waals surface area contributed by atoms with Crippen LogP contribution in [0.1, 0.15) is 49.8 Å². The summed E-state index contributed by atoms with van der Waals surface area (Å²) in [7, 11) is 2.19. The third-order valence-electron chi connectivity index (χ3n) is 4.67. The van der Waals surface area contributed by atoms with E-state index >= 15 is 0 Å². The van der Waals surface area contributed by atoms with Crippen molar-refractivity contribution in [2.45, 2.75) is 45.1 Å². The third kappa shape index (κ3) is 3.50. The second kappa shape index (κ2) is 7.25. The van der Waals surface area contributed by atoms with E-state index in [1.807, 2.05) is 0 Å². The molecule has 0 bridgehead atoms. The van der Waals surface area contributed by atoms with Crippen molar-refractivity contribution in [1.29, 1.82) is 0 Å². The summed E-state index contributed by atoms with van der Waals surface area (Å²) in [5.74, 6) is 0.638. The molecule has 0 amide bonds. The van der Waals surface area contributed by atoms with Crippen LogP contribution in [0, 0.1) is 0 Å². The van der Waals surface area contributed by atoms with Gasteiger partial charge in [0.25, 0.3) is 0 Å². The summed E-state index contributed by atoms with van der Waals surface area (Å²) in [6.45, 7) is 6.09. The van der Waals surface area contributed by atoms with E-state index < -0.39 is 0 Å². The fourth-order valence-electron chi connectivity index (χ4n) is 3.26. The average molecular weight is 301 g/mol. The molecule has 1 aromatic carbocycles. The first-order valence-corrected chi connectivity index (χ1v) is 8.51. The highest BCUT2D eigenvalue weighted by Crippen LogP contribution is 2.30. The molecule has 3 rings (SSSR count). The monoisotopic (exact) mass is 301 g/mol. The van der Waals surface area contributed by atoms with Crippen LogP contribution in [0.15, 0.2) is 18.2 Å². The van der Waals surface area contributed by atoms with Crippen LogP contribution in [0.5, 0.6) is 0 Å². The number of H-pyrrole nitrogens is 1. The maximum atomic E-state index is 5.48. The fourth-order valence-corrected chi connectivity index (χ4v) is 3.26. The molecule has 0 radical (unpaired) electrons. The number of hydrogen-bond acceptors (Lipinski definition) is 3. The highest BCUT2D eigenvalue weighted by atomic mass is 16.5. The van der Waals surface area contributed by atoms with Gasteiger partial charge in [0.1, 0.15) is 0 Å². The predicted octanol–water partition coefficient (Wildman–Crippen LogP) is 3.69. The molecule has 4 heteroatoms. The van der Waals surface area contributed by atoms with E-state index in [2.05, 4.69) is 47.3 Å². The van der Waals surface area contributed by atoms with Gasteiger partial charge in [-0.2, -0.15) is 5.10 Å². The quantitative estimate of drug-likeness (QED) is 0.884. The number of aromatic amines is 1. The molecule has 1 saturated heterocycles. The molecule has 0 saturated carbocycles. The Labute approximate surface area is 132 Å². The fraction of sp³-hybridized carbons (Fsp3) is 0.611. The summed E-state index contributed by atoms with van der Waals surface area (Å²) in [4.78, 5) is 2.37. The van der Waals surface area contributed by atoms with Crippen LogP contribution in [0.3, 0.4) is 0 Å². The van der Waals surface area contributed by atoms with Gasteiger partial charge in [0, 0.05) is 25.1 Å². The van der Waals surface area contributed by atoms with Crippen LogP contribution >= 0.6 is 0 Å². The molecular formula is C18H27N3O. The molecule has 0 spiro atoms. The van der Waals surface area contributed by atoms with Crippen molar-refractivity contribution in [2.75, 3.05) is 26.8 Å². The normalized spacial score (nSPS) is 16.7. The van der Waals surface area contributed by atoms with Gasteiger partial charge in [0.2, 0.25) is 0 Å². The van der Waals surface area contributed by atoms with Crippen LogP contribution in [0.4, 0.5) is 0 Å². The first-order chi connectivity index (χ1) is 10.8. The number of hydrogen-bond donors (Lipinski definition) is 1. The van der Waals surface area contributed by atoms with Crippen molar-refractivity contribution >= 4 is 10.9 Å². The van der Waals surface area contributed by atoms with Gasteiger partial charge in [0.15, 0.2) is 0 Å². The largest absolute Gasteiger partial charge is 0.381 e. The van der Waals surface area contributed by atoms with Gasteiger partial charge < -0.3 is 9.64 Å². The number of fused-ring (bicyclic) bond motifs is 1. The third-order valence-corrected chi connectivity index (χ3v) is 4.67. The highest BCUT2D eigenvalue weighted by molar-refractivity contribution is 5.82. The maximum absolute atomic E-state index is 5.48. The van der Waals surface area contributed by atoms with Crippen molar-refractivity contribution in [3.05, 3.63) is 29.5 Å². The standard InChI is InChI=1S/C18H27N3O/c1-3-4-9-21(2)13-18-16-12-15(5-6-17(16)19-20-18)14-7-10-22-11-8-14/h5-6,12,14H,3-4,7-11,13H2,1-2H3,(H,19,20). The molecule has 22 heavy (non-hydrogen) atoms. The molecule has 1 fully saturated rings. The zero-order valence-electron chi connectivity index (χ0n) is 13.8. The lowest BCUT2D eigenvalue weighted by molar-refractivity contribution is 0.0853. The molecule has 4 nitrogen and oxygen atoms in total. The summed E-state index contributed by atoms with van der Waals surface area (Å²) < 4.78 is 5.48. The van der Waals surface area contributed by atoms with E-state index in [0.29, 0.717) is 5.92 Å². The van der Waals surface area contributed by atoms with Crippen molar-refractivity contribution < 1.29 is 4.74 Å². The zero-order valence-corrected chi connectivity index (χ0v) is 13.8. The molecule has 2 heterocycles. The first kappa shape index (κ1) is 15.5. The Bertz CT molecular complexity index is 601. The van der Waals surface area contributed by atoms with Crippen LogP contribution in [-0.4, -0.2) is 41.9 Å². The van der Waals surface area contributed by atoms with E-state index in [4.69, 9.17) is 4.74 Å². The van der Waals surface area contributed by atoms with E-state index in [1.54, 1.807) is 0 Å². The minimum atomic E-state index is 0.638. The van der Waals surface area contributed by atoms with Gasteiger partial charge >= 0.3 is 0 Å². The Kier molecular flexibility index (Phi) is 5.11. The van der Waals surface area contributed by atoms with E-state index in [1.165, 1.54) is 29.5 Å². The summed E-state index contributed by atoms with van der Waals surface area (Å²) in [6, 6.07) is 6.74. The molecule has 2 aromatic rings. The molecule has 0 aliphatic carbocycles. The molecular weight excluding hydrogens is 274 g/mol.